The highest BCUT2D eigenvalue weighted by atomic mass is 15.2. The van der Waals surface area contributed by atoms with Gasteiger partial charge in [0.05, 0.1) is 11.8 Å². The van der Waals surface area contributed by atoms with E-state index in [-0.39, 0.29) is 0 Å². The Kier molecular flexibility index (Phi) is 1.59. The molecular formula is C8H8N4. The normalized spacial score (nSPS) is 10.1. The second-order valence-electron chi connectivity index (χ2n) is 2.48. The molecule has 0 atom stereocenters. The molecule has 60 valence electrons. The van der Waals surface area contributed by atoms with Gasteiger partial charge in [-0.3, -0.25) is 4.68 Å². The fraction of sp³-hybridized carbons (Fsp3) is 0.125. The fourth-order valence-corrected chi connectivity index (χ4v) is 0.985. The van der Waals surface area contributed by atoms with Gasteiger partial charge in [-0.25, -0.2) is 9.97 Å². The maximum atomic E-state index is 4.10. The van der Waals surface area contributed by atoms with Gasteiger partial charge in [-0.2, -0.15) is 5.10 Å². The van der Waals surface area contributed by atoms with Crippen molar-refractivity contribution in [2.45, 2.75) is 0 Å². The summed E-state index contributed by atoms with van der Waals surface area (Å²) in [5.41, 5.74) is 0.943. The quantitative estimate of drug-likeness (QED) is 0.622. The lowest BCUT2D eigenvalue weighted by molar-refractivity contribution is 0.768. The van der Waals surface area contributed by atoms with E-state index >= 15 is 0 Å². The summed E-state index contributed by atoms with van der Waals surface area (Å²) in [5, 5.41) is 4.03. The Bertz CT molecular complexity index is 366. The average Bonchev–Trinajstić information content (AvgIpc) is 2.54. The van der Waals surface area contributed by atoms with E-state index in [2.05, 4.69) is 15.1 Å². The van der Waals surface area contributed by atoms with E-state index in [1.807, 2.05) is 13.2 Å². The van der Waals surface area contributed by atoms with E-state index in [9.17, 15) is 0 Å². The lowest BCUT2D eigenvalue weighted by Gasteiger charge is -1.91. The van der Waals surface area contributed by atoms with Crippen molar-refractivity contribution >= 4 is 0 Å². The van der Waals surface area contributed by atoms with E-state index in [4.69, 9.17) is 0 Å². The molecule has 0 fully saturated rings. The fourth-order valence-electron chi connectivity index (χ4n) is 0.985. The Morgan fingerprint density at radius 1 is 1.25 bits per heavy atom. The van der Waals surface area contributed by atoms with Gasteiger partial charge in [0, 0.05) is 25.6 Å². The molecule has 0 aliphatic heterocycles. The predicted octanol–water partition coefficient (Wildman–Crippen LogP) is 0.877. The van der Waals surface area contributed by atoms with Gasteiger partial charge in [-0.05, 0) is 6.07 Å². The summed E-state index contributed by atoms with van der Waals surface area (Å²) in [5.74, 6) is 0.714. The molecule has 0 saturated carbocycles. The molecule has 4 heteroatoms. The highest BCUT2D eigenvalue weighted by Gasteiger charge is 2.00. The van der Waals surface area contributed by atoms with Gasteiger partial charge in [-0.1, -0.05) is 0 Å². The minimum atomic E-state index is 0.714. The van der Waals surface area contributed by atoms with Gasteiger partial charge in [0.1, 0.15) is 0 Å². The molecular weight excluding hydrogens is 152 g/mol. The van der Waals surface area contributed by atoms with Crippen LogP contribution in [0.4, 0.5) is 0 Å². The molecule has 0 amide bonds. The van der Waals surface area contributed by atoms with E-state index in [1.165, 1.54) is 0 Å². The van der Waals surface area contributed by atoms with Crippen molar-refractivity contribution in [3.05, 3.63) is 30.9 Å². The van der Waals surface area contributed by atoms with Crippen LogP contribution in [0.1, 0.15) is 0 Å². The second kappa shape index (κ2) is 2.73. The van der Waals surface area contributed by atoms with Crippen LogP contribution in [-0.4, -0.2) is 19.7 Å². The zero-order valence-corrected chi connectivity index (χ0v) is 6.68. The Morgan fingerprint density at radius 2 is 2.00 bits per heavy atom. The van der Waals surface area contributed by atoms with Crippen LogP contribution in [0.15, 0.2) is 30.9 Å². The van der Waals surface area contributed by atoms with Gasteiger partial charge >= 0.3 is 0 Å². The molecule has 0 spiro atoms. The van der Waals surface area contributed by atoms with Crippen LogP contribution in [0.25, 0.3) is 11.4 Å². The number of aryl methyl sites for hydroxylation is 1. The molecule has 2 heterocycles. The lowest BCUT2D eigenvalue weighted by Crippen LogP contribution is -1.85. The summed E-state index contributed by atoms with van der Waals surface area (Å²) < 4.78 is 1.73. The molecule has 2 aromatic rings. The van der Waals surface area contributed by atoms with Crippen molar-refractivity contribution in [1.29, 1.82) is 0 Å². The van der Waals surface area contributed by atoms with E-state index < -0.39 is 0 Å². The Morgan fingerprint density at radius 3 is 2.58 bits per heavy atom. The van der Waals surface area contributed by atoms with Gasteiger partial charge < -0.3 is 0 Å². The highest BCUT2D eigenvalue weighted by Crippen LogP contribution is 2.10. The van der Waals surface area contributed by atoms with Crippen LogP contribution in [0, 0.1) is 0 Å². The van der Waals surface area contributed by atoms with Crippen molar-refractivity contribution in [2.24, 2.45) is 7.05 Å². The Hall–Kier alpha value is -1.71. The molecule has 0 bridgehead atoms. The van der Waals surface area contributed by atoms with Crippen molar-refractivity contribution in [3.63, 3.8) is 0 Å². The lowest BCUT2D eigenvalue weighted by atomic mass is 10.3. The molecule has 12 heavy (non-hydrogen) atoms. The molecule has 0 aliphatic rings. The Labute approximate surface area is 69.9 Å². The third kappa shape index (κ3) is 1.18. The van der Waals surface area contributed by atoms with Crippen LogP contribution in [-0.2, 0) is 7.05 Å². The van der Waals surface area contributed by atoms with Crippen molar-refractivity contribution in [3.8, 4) is 11.4 Å². The highest BCUT2D eigenvalue weighted by molar-refractivity contribution is 5.51. The minimum absolute atomic E-state index is 0.714. The minimum Gasteiger partial charge on any atom is -0.275 e. The standard InChI is InChI=1S/C8H8N4/c1-12-6-7(5-11-12)8-9-3-2-4-10-8/h2-6H,1H3. The van der Waals surface area contributed by atoms with E-state index in [0.29, 0.717) is 5.82 Å². The summed E-state index contributed by atoms with van der Waals surface area (Å²) in [4.78, 5) is 8.20. The number of hydrogen-bond donors (Lipinski definition) is 0. The van der Waals surface area contributed by atoms with Crippen molar-refractivity contribution in [2.75, 3.05) is 0 Å². The number of nitrogens with zero attached hydrogens (tertiary/aromatic N) is 4. The maximum Gasteiger partial charge on any atom is 0.162 e. The van der Waals surface area contributed by atoms with Crippen molar-refractivity contribution in [1.82, 2.24) is 19.7 Å². The van der Waals surface area contributed by atoms with Gasteiger partial charge in [0.15, 0.2) is 5.82 Å². The number of rotatable bonds is 1. The van der Waals surface area contributed by atoms with E-state index in [1.54, 1.807) is 29.3 Å². The molecule has 4 nitrogen and oxygen atoms in total. The van der Waals surface area contributed by atoms with Crippen molar-refractivity contribution < 1.29 is 0 Å². The van der Waals surface area contributed by atoms with Crippen LogP contribution >= 0.6 is 0 Å². The van der Waals surface area contributed by atoms with E-state index in [0.717, 1.165) is 5.56 Å². The first kappa shape index (κ1) is 6.97. The molecule has 0 aliphatic carbocycles. The summed E-state index contributed by atoms with van der Waals surface area (Å²) in [6.45, 7) is 0. The molecule has 0 aromatic carbocycles. The molecule has 2 rings (SSSR count). The van der Waals surface area contributed by atoms with Crippen LogP contribution < -0.4 is 0 Å². The zero-order valence-electron chi connectivity index (χ0n) is 6.68. The third-order valence-corrected chi connectivity index (χ3v) is 1.53. The summed E-state index contributed by atoms with van der Waals surface area (Å²) in [7, 11) is 1.87. The Balaban J connectivity index is 2.45. The van der Waals surface area contributed by atoms with Gasteiger partial charge in [0.2, 0.25) is 0 Å². The predicted molar refractivity (Wildman–Crippen MR) is 44.2 cm³/mol. The van der Waals surface area contributed by atoms with Crippen LogP contribution in [0.3, 0.4) is 0 Å². The number of aromatic nitrogens is 4. The molecule has 0 N–H and O–H groups in total. The molecule has 0 radical (unpaired) electrons. The summed E-state index contributed by atoms with van der Waals surface area (Å²) in [6, 6.07) is 1.79. The first-order valence-electron chi connectivity index (χ1n) is 3.62. The largest absolute Gasteiger partial charge is 0.275 e. The van der Waals surface area contributed by atoms with Gasteiger partial charge in [-0.15, -0.1) is 0 Å². The zero-order chi connectivity index (χ0) is 8.39. The van der Waals surface area contributed by atoms with Crippen LogP contribution in [0.5, 0.6) is 0 Å². The average molecular weight is 160 g/mol. The maximum absolute atomic E-state index is 4.10. The monoisotopic (exact) mass is 160 g/mol. The molecule has 0 unspecified atom stereocenters. The topological polar surface area (TPSA) is 43.6 Å². The summed E-state index contributed by atoms with van der Waals surface area (Å²) in [6.07, 6.45) is 7.06. The van der Waals surface area contributed by atoms with Crippen LogP contribution in [0.2, 0.25) is 0 Å². The third-order valence-electron chi connectivity index (χ3n) is 1.53. The smallest absolute Gasteiger partial charge is 0.162 e. The first-order valence-corrected chi connectivity index (χ1v) is 3.62. The SMILES string of the molecule is Cn1cc(-c2ncccn2)cn1. The first-order chi connectivity index (χ1) is 5.86. The molecule has 0 saturated heterocycles. The second-order valence-corrected chi connectivity index (χ2v) is 2.48. The molecule has 2 aromatic heterocycles. The summed E-state index contributed by atoms with van der Waals surface area (Å²) >= 11 is 0. The number of hydrogen-bond acceptors (Lipinski definition) is 3. The van der Waals surface area contributed by atoms with Gasteiger partial charge in [0.25, 0.3) is 0 Å².